The molecule has 0 aromatic heterocycles. The highest BCUT2D eigenvalue weighted by Crippen LogP contribution is 2.24. The molecule has 0 aromatic carbocycles. The van der Waals surface area contributed by atoms with E-state index in [0.717, 1.165) is 44.9 Å². The number of allylic oxidation sites excluding steroid dienone is 5. The Morgan fingerprint density at radius 2 is 1.07 bits per heavy atom. The van der Waals surface area contributed by atoms with Gasteiger partial charge in [-0.3, -0.25) is 9.35 Å². The first-order chi connectivity index (χ1) is 29.0. The summed E-state index contributed by atoms with van der Waals surface area (Å²) >= 11 is 0. The second-order valence-electron chi connectivity index (χ2n) is 16.5. The second kappa shape index (κ2) is 37.4. The molecular weight excluding hydrogens is 789 g/mol. The largest absolute Gasteiger partial charge is 0.462 e. The van der Waals surface area contributed by atoms with E-state index < -0.39 is 71.2 Å². The third-order valence-corrected chi connectivity index (χ3v) is 11.5. The molecule has 0 spiro atoms. The molecule has 0 aromatic rings. The van der Waals surface area contributed by atoms with Crippen molar-refractivity contribution in [3.05, 3.63) is 36.5 Å². The molecule has 1 heterocycles. The normalized spacial score (nSPS) is 20.4. The van der Waals surface area contributed by atoms with E-state index in [2.05, 4.69) is 26.0 Å². The lowest BCUT2D eigenvalue weighted by Gasteiger charge is -2.40. The zero-order valence-corrected chi connectivity index (χ0v) is 38.1. The third kappa shape index (κ3) is 31.7. The summed E-state index contributed by atoms with van der Waals surface area (Å²) in [5.74, 6) is -2.25. The van der Waals surface area contributed by atoms with Gasteiger partial charge in [0.25, 0.3) is 10.1 Å². The van der Waals surface area contributed by atoms with Crippen LogP contribution in [0.1, 0.15) is 194 Å². The SMILES string of the molecule is CCCCCCCC/C=C/CCCCCCCCCC(=O)OC[C@H](CO[C@H]1O[C@H](CS(=O)(=O)O)[C@@H](O)C(O)C1O)OC(=O)/C=C/C=C/CCCCCCCCCCCCC. The minimum Gasteiger partial charge on any atom is -0.462 e. The lowest BCUT2D eigenvalue weighted by molar-refractivity contribution is -0.297. The molecule has 13 heteroatoms. The van der Waals surface area contributed by atoms with E-state index in [9.17, 15) is 37.9 Å². The topological polar surface area (TPSA) is 186 Å². The molecule has 1 fully saturated rings. The molecule has 60 heavy (non-hydrogen) atoms. The molecule has 0 aliphatic carbocycles. The maximum absolute atomic E-state index is 12.7. The van der Waals surface area contributed by atoms with E-state index in [-0.39, 0.29) is 13.0 Å². The van der Waals surface area contributed by atoms with Crippen molar-refractivity contribution in [3.63, 3.8) is 0 Å². The van der Waals surface area contributed by atoms with E-state index in [0.29, 0.717) is 6.42 Å². The first kappa shape index (κ1) is 55.9. The highest BCUT2D eigenvalue weighted by atomic mass is 32.2. The highest BCUT2D eigenvalue weighted by molar-refractivity contribution is 7.85. The summed E-state index contributed by atoms with van der Waals surface area (Å²) in [6.07, 6.45) is 33.9. The van der Waals surface area contributed by atoms with Gasteiger partial charge in [-0.15, -0.1) is 0 Å². The van der Waals surface area contributed by atoms with E-state index in [1.807, 2.05) is 6.08 Å². The molecule has 6 atom stereocenters. The van der Waals surface area contributed by atoms with Gasteiger partial charge in [0.2, 0.25) is 0 Å². The molecular formula is C47H84O12S. The number of esters is 2. The van der Waals surface area contributed by atoms with Gasteiger partial charge in [0.15, 0.2) is 12.4 Å². The smallest absolute Gasteiger partial charge is 0.331 e. The van der Waals surface area contributed by atoms with Gasteiger partial charge in [-0.25, -0.2) is 4.79 Å². The summed E-state index contributed by atoms with van der Waals surface area (Å²) in [7, 11) is -4.61. The van der Waals surface area contributed by atoms with Crippen LogP contribution in [0.5, 0.6) is 0 Å². The van der Waals surface area contributed by atoms with Crippen LogP contribution in [0, 0.1) is 0 Å². The lowest BCUT2D eigenvalue weighted by Crippen LogP contribution is -2.60. The molecule has 4 N–H and O–H groups in total. The number of carbonyl (C=O) groups excluding carboxylic acids is 2. The summed E-state index contributed by atoms with van der Waals surface area (Å²) < 4.78 is 53.9. The average Bonchev–Trinajstić information content (AvgIpc) is 3.21. The van der Waals surface area contributed by atoms with Crippen LogP contribution in [0.15, 0.2) is 36.5 Å². The Hall–Kier alpha value is -2.13. The number of hydrogen-bond donors (Lipinski definition) is 4. The minimum atomic E-state index is -4.61. The quantitative estimate of drug-likeness (QED) is 0.0115. The van der Waals surface area contributed by atoms with Gasteiger partial charge in [-0.2, -0.15) is 8.42 Å². The molecule has 0 bridgehead atoms. The van der Waals surface area contributed by atoms with Crippen LogP contribution in [-0.4, -0.2) is 96.0 Å². The summed E-state index contributed by atoms with van der Waals surface area (Å²) in [6.45, 7) is 3.66. The van der Waals surface area contributed by atoms with Crippen LogP contribution in [0.2, 0.25) is 0 Å². The van der Waals surface area contributed by atoms with Crippen LogP contribution in [0.3, 0.4) is 0 Å². The lowest BCUT2D eigenvalue weighted by atomic mass is 10.00. The van der Waals surface area contributed by atoms with Crippen LogP contribution in [0.25, 0.3) is 0 Å². The van der Waals surface area contributed by atoms with Gasteiger partial charge in [-0.05, 0) is 44.9 Å². The number of rotatable bonds is 39. The Balaban J connectivity index is 2.47. The van der Waals surface area contributed by atoms with Crippen molar-refractivity contribution in [3.8, 4) is 0 Å². The minimum absolute atomic E-state index is 0.195. The van der Waals surface area contributed by atoms with Gasteiger partial charge in [0, 0.05) is 12.5 Å². The van der Waals surface area contributed by atoms with Crippen LogP contribution < -0.4 is 0 Å². The molecule has 1 rings (SSSR count). The Kier molecular flexibility index (Phi) is 34.9. The second-order valence-corrected chi connectivity index (χ2v) is 18.0. The first-order valence-corrected chi connectivity index (χ1v) is 25.2. The van der Waals surface area contributed by atoms with E-state index >= 15 is 0 Å². The van der Waals surface area contributed by atoms with Crippen molar-refractivity contribution >= 4 is 22.1 Å². The van der Waals surface area contributed by atoms with E-state index in [1.54, 1.807) is 12.2 Å². The Morgan fingerprint density at radius 3 is 1.57 bits per heavy atom. The summed E-state index contributed by atoms with van der Waals surface area (Å²) in [6, 6.07) is 0. The standard InChI is InChI=1S/C47H84O12S/c1-3-5-7-9-11-13-15-17-19-20-22-23-25-27-29-31-33-35-42(48)56-37-40(38-57-47-46(52)45(51)44(50)41(59-47)39-60(53,54)55)58-43(49)36-34-32-30-28-26-24-21-18-16-14-12-10-8-6-4-2/h17,19,30,32,34,36,40-41,44-47,50-52H,3-16,18,20-29,31,33,35,37-39H2,1-2H3,(H,53,54,55)/b19-17+,32-30+,36-34+/t40-,41-,44-,45?,46?,47+/m1/s1. The predicted octanol–water partition coefficient (Wildman–Crippen LogP) is 9.78. The Labute approximate surface area is 363 Å². The van der Waals surface area contributed by atoms with Crippen molar-refractivity contribution < 1.29 is 56.8 Å². The molecule has 0 amide bonds. The zero-order valence-electron chi connectivity index (χ0n) is 37.3. The van der Waals surface area contributed by atoms with Crippen molar-refractivity contribution in [2.75, 3.05) is 19.0 Å². The predicted molar refractivity (Wildman–Crippen MR) is 238 cm³/mol. The molecule has 2 unspecified atom stereocenters. The van der Waals surface area contributed by atoms with Crippen LogP contribution >= 0.6 is 0 Å². The van der Waals surface area contributed by atoms with Crippen molar-refractivity contribution in [1.29, 1.82) is 0 Å². The molecule has 0 saturated carbocycles. The Morgan fingerprint density at radius 1 is 0.600 bits per heavy atom. The van der Waals surface area contributed by atoms with Gasteiger partial charge in [-0.1, -0.05) is 173 Å². The summed E-state index contributed by atoms with van der Waals surface area (Å²) in [5.41, 5.74) is 0. The monoisotopic (exact) mass is 873 g/mol. The van der Waals surface area contributed by atoms with Gasteiger partial charge in [0.05, 0.1) is 6.61 Å². The van der Waals surface area contributed by atoms with Crippen molar-refractivity contribution in [2.24, 2.45) is 0 Å². The number of aliphatic hydroxyl groups excluding tert-OH is 3. The number of aliphatic hydroxyl groups is 3. The maximum Gasteiger partial charge on any atom is 0.331 e. The van der Waals surface area contributed by atoms with Crippen LogP contribution in [0.4, 0.5) is 0 Å². The number of ether oxygens (including phenoxy) is 4. The van der Waals surface area contributed by atoms with Gasteiger partial charge < -0.3 is 34.3 Å². The fourth-order valence-electron chi connectivity index (χ4n) is 7.11. The maximum atomic E-state index is 12.7. The molecule has 0 radical (unpaired) electrons. The van der Waals surface area contributed by atoms with Gasteiger partial charge in [0.1, 0.15) is 36.8 Å². The molecule has 1 saturated heterocycles. The first-order valence-electron chi connectivity index (χ1n) is 23.6. The third-order valence-electron chi connectivity index (χ3n) is 10.8. The fraction of sp³-hybridized carbons (Fsp3) is 0.830. The van der Waals surface area contributed by atoms with E-state index in [1.165, 1.54) is 128 Å². The zero-order chi connectivity index (χ0) is 44.1. The molecule has 1 aliphatic heterocycles. The fourth-order valence-corrected chi connectivity index (χ4v) is 7.80. The molecule has 350 valence electrons. The Bertz CT molecular complexity index is 1250. The number of hydrogen-bond acceptors (Lipinski definition) is 11. The van der Waals surface area contributed by atoms with E-state index in [4.69, 9.17) is 18.9 Å². The summed E-state index contributed by atoms with van der Waals surface area (Å²) in [5, 5.41) is 30.9. The summed E-state index contributed by atoms with van der Waals surface area (Å²) in [4.78, 5) is 25.3. The molecule has 1 aliphatic rings. The number of carbonyl (C=O) groups is 2. The molecule has 12 nitrogen and oxygen atoms in total. The van der Waals surface area contributed by atoms with Gasteiger partial charge >= 0.3 is 11.9 Å². The average molecular weight is 873 g/mol. The number of unbranched alkanes of at least 4 members (excludes halogenated alkanes) is 24. The van der Waals surface area contributed by atoms with Crippen LogP contribution in [-0.2, 0) is 38.7 Å². The van der Waals surface area contributed by atoms with Crippen molar-refractivity contribution in [2.45, 2.75) is 230 Å². The highest BCUT2D eigenvalue weighted by Gasteiger charge is 2.46. The van der Waals surface area contributed by atoms with Crippen molar-refractivity contribution in [1.82, 2.24) is 0 Å².